The van der Waals surface area contributed by atoms with E-state index in [9.17, 15) is 0 Å². The van der Waals surface area contributed by atoms with Gasteiger partial charge in [-0.3, -0.25) is 0 Å². The van der Waals surface area contributed by atoms with Crippen LogP contribution in [0.4, 0.5) is 0 Å². The molecule has 5 heteroatoms. The molecule has 1 heterocycles. The molecule has 0 aliphatic carbocycles. The van der Waals surface area contributed by atoms with Gasteiger partial charge in [0, 0.05) is 29.4 Å². The summed E-state index contributed by atoms with van der Waals surface area (Å²) in [5.41, 5.74) is 8.32. The molecule has 3 aromatic rings. The maximum atomic E-state index is 2.46. The predicted molar refractivity (Wildman–Crippen MR) is 149 cm³/mol. The Morgan fingerprint density at radius 2 is 1.03 bits per heavy atom. The molecule has 174 valence electrons. The fourth-order valence-corrected chi connectivity index (χ4v) is 5.60. The Labute approximate surface area is 227 Å². The van der Waals surface area contributed by atoms with Crippen molar-refractivity contribution < 1.29 is 17.0 Å². The van der Waals surface area contributed by atoms with Crippen molar-refractivity contribution in [2.75, 3.05) is 0 Å². The largest absolute Gasteiger partial charge is 1.00 e. The van der Waals surface area contributed by atoms with Gasteiger partial charge in [0.2, 0.25) is 0 Å². The number of hydrogen-bond donors (Lipinski definition) is 0. The van der Waals surface area contributed by atoms with Crippen LogP contribution in [0, 0.1) is 7.14 Å². The highest BCUT2D eigenvalue weighted by atomic mass is 127. The number of benzene rings is 2. The molecule has 0 N–H and O–H groups in total. The Bertz CT molecular complexity index is 939. The summed E-state index contributed by atoms with van der Waals surface area (Å²) in [6.07, 6.45) is 6.73. The Hall–Kier alpha value is -0.600. The van der Waals surface area contributed by atoms with Gasteiger partial charge in [-0.1, -0.05) is 55.4 Å². The molecule has 2 aromatic carbocycles. The van der Waals surface area contributed by atoms with Crippen LogP contribution in [0.2, 0.25) is 0 Å². The summed E-state index contributed by atoms with van der Waals surface area (Å²) < 4.78 is 7.31. The fourth-order valence-electron chi connectivity index (χ4n) is 4.26. The van der Waals surface area contributed by atoms with E-state index in [-0.39, 0.29) is 12.4 Å². The lowest BCUT2D eigenvalue weighted by Gasteiger charge is -2.18. The van der Waals surface area contributed by atoms with Crippen molar-refractivity contribution >= 4 is 45.2 Å². The zero-order valence-electron chi connectivity index (χ0n) is 20.4. The lowest BCUT2D eigenvalue weighted by molar-refractivity contribution is -0.596. The normalized spacial score (nSPS) is 11.7. The monoisotopic (exact) mass is 676 g/mol. The second kappa shape index (κ2) is 11.2. The quantitative estimate of drug-likeness (QED) is 0.243. The third kappa shape index (κ3) is 5.72. The first-order valence-electron chi connectivity index (χ1n) is 11.3. The van der Waals surface area contributed by atoms with Gasteiger partial charge in [0.25, 0.3) is 6.33 Å². The molecule has 0 fully saturated rings. The highest BCUT2D eigenvalue weighted by Gasteiger charge is 2.25. The van der Waals surface area contributed by atoms with Gasteiger partial charge < -0.3 is 12.4 Å². The number of hydrogen-bond acceptors (Lipinski definition) is 0. The van der Waals surface area contributed by atoms with E-state index in [2.05, 4.69) is 153 Å². The summed E-state index contributed by atoms with van der Waals surface area (Å²) in [5, 5.41) is 0. The molecular weight excluding hydrogens is 642 g/mol. The summed E-state index contributed by atoms with van der Waals surface area (Å²) in [6.45, 7) is 18.4. The highest BCUT2D eigenvalue weighted by molar-refractivity contribution is 14.1. The molecule has 1 aromatic heterocycles. The van der Waals surface area contributed by atoms with Crippen molar-refractivity contribution in [1.82, 2.24) is 4.57 Å². The SMILES string of the molecule is CC(C)c1cc(I)cc(C(C)C)c1-n1cc[n+](-c2c(C(C)C)cc(I)cc2C(C)C)c1.[Cl-]. The minimum atomic E-state index is 0. The molecule has 0 unspecified atom stereocenters. The standard InChI is InChI=1S/C27H35I2N2.ClH/c1-16(2)22-11-20(28)12-23(17(3)4)26(22)30-9-10-31(15-30)27-24(18(5)6)13-21(29)14-25(27)19(7)8;/h9-19H,1-8H3;1H/q+1;/p-1. The summed E-state index contributed by atoms with van der Waals surface area (Å²) in [4.78, 5) is 0. The Kier molecular flexibility index (Phi) is 9.69. The number of aromatic nitrogens is 2. The second-order valence-corrected chi connectivity index (χ2v) is 12.2. The second-order valence-electron chi connectivity index (χ2n) is 9.71. The van der Waals surface area contributed by atoms with Gasteiger partial charge in [-0.2, -0.15) is 0 Å². The Balaban J connectivity index is 0.00000363. The smallest absolute Gasteiger partial charge is 0.254 e. The zero-order valence-corrected chi connectivity index (χ0v) is 25.5. The van der Waals surface area contributed by atoms with Crippen LogP contribution in [0.25, 0.3) is 11.4 Å². The Morgan fingerprint density at radius 1 is 0.656 bits per heavy atom. The number of halogens is 3. The average Bonchev–Trinajstić information content (AvgIpc) is 3.15. The molecule has 0 atom stereocenters. The van der Waals surface area contributed by atoms with Gasteiger partial charge in [0.05, 0.1) is 0 Å². The molecule has 0 aliphatic heterocycles. The van der Waals surface area contributed by atoms with Crippen molar-refractivity contribution in [2.45, 2.75) is 79.1 Å². The van der Waals surface area contributed by atoms with Crippen LogP contribution in [-0.4, -0.2) is 4.57 Å². The lowest BCUT2D eigenvalue weighted by atomic mass is 9.92. The van der Waals surface area contributed by atoms with Crippen LogP contribution in [0.1, 0.15) is 101 Å². The molecule has 3 rings (SSSR count). The number of rotatable bonds is 6. The van der Waals surface area contributed by atoms with Crippen LogP contribution in [0.3, 0.4) is 0 Å². The van der Waals surface area contributed by atoms with Crippen molar-refractivity contribution in [3.63, 3.8) is 0 Å². The first kappa shape index (κ1) is 27.6. The van der Waals surface area contributed by atoms with Crippen LogP contribution in [0.5, 0.6) is 0 Å². The zero-order chi connectivity index (χ0) is 23.0. The van der Waals surface area contributed by atoms with Gasteiger partial charge in [-0.15, -0.1) is 0 Å². The predicted octanol–water partition coefficient (Wildman–Crippen LogP) is 5.46. The van der Waals surface area contributed by atoms with Gasteiger partial charge in [-0.05, 0) is 93.1 Å². The van der Waals surface area contributed by atoms with E-state index in [4.69, 9.17) is 0 Å². The molecular formula is C27H35ClI2N2. The maximum Gasteiger partial charge on any atom is 0.254 e. The maximum absolute atomic E-state index is 2.46. The van der Waals surface area contributed by atoms with Gasteiger partial charge in [0.1, 0.15) is 23.8 Å². The van der Waals surface area contributed by atoms with E-state index in [1.54, 1.807) is 0 Å². The van der Waals surface area contributed by atoms with E-state index in [1.807, 2.05) is 0 Å². The molecule has 0 saturated carbocycles. The van der Waals surface area contributed by atoms with Gasteiger partial charge in [0.15, 0.2) is 0 Å². The molecule has 2 nitrogen and oxygen atoms in total. The first-order valence-corrected chi connectivity index (χ1v) is 13.4. The molecule has 0 aliphatic rings. The van der Waals surface area contributed by atoms with E-state index in [0.29, 0.717) is 23.7 Å². The molecule has 0 bridgehead atoms. The Morgan fingerprint density at radius 3 is 1.41 bits per heavy atom. The fraction of sp³-hybridized carbons (Fsp3) is 0.444. The van der Waals surface area contributed by atoms with Crippen molar-refractivity contribution in [3.05, 3.63) is 72.4 Å². The number of imidazole rings is 1. The molecule has 0 radical (unpaired) electrons. The van der Waals surface area contributed by atoms with Crippen LogP contribution < -0.4 is 17.0 Å². The molecule has 32 heavy (non-hydrogen) atoms. The van der Waals surface area contributed by atoms with E-state index >= 15 is 0 Å². The minimum absolute atomic E-state index is 0. The topological polar surface area (TPSA) is 8.81 Å². The highest BCUT2D eigenvalue weighted by Crippen LogP contribution is 2.34. The van der Waals surface area contributed by atoms with Gasteiger partial charge >= 0.3 is 0 Å². The third-order valence-corrected chi connectivity index (χ3v) is 7.15. The van der Waals surface area contributed by atoms with Crippen LogP contribution >= 0.6 is 45.2 Å². The van der Waals surface area contributed by atoms with Gasteiger partial charge in [-0.25, -0.2) is 9.13 Å². The summed E-state index contributed by atoms with van der Waals surface area (Å²) in [7, 11) is 0. The van der Waals surface area contributed by atoms with Crippen LogP contribution in [-0.2, 0) is 0 Å². The molecule has 0 amide bonds. The van der Waals surface area contributed by atoms with Crippen molar-refractivity contribution in [1.29, 1.82) is 0 Å². The minimum Gasteiger partial charge on any atom is -1.00 e. The van der Waals surface area contributed by atoms with Crippen LogP contribution in [0.15, 0.2) is 43.0 Å². The van der Waals surface area contributed by atoms with Crippen molar-refractivity contribution in [3.8, 4) is 11.4 Å². The van der Waals surface area contributed by atoms with E-state index in [1.165, 1.54) is 40.8 Å². The van der Waals surface area contributed by atoms with E-state index in [0.717, 1.165) is 0 Å². The molecule has 0 spiro atoms. The summed E-state index contributed by atoms with van der Waals surface area (Å²) in [6, 6.07) is 9.39. The summed E-state index contributed by atoms with van der Waals surface area (Å²) >= 11 is 4.92. The average molecular weight is 677 g/mol. The number of nitrogens with zero attached hydrogens (tertiary/aromatic N) is 2. The summed E-state index contributed by atoms with van der Waals surface area (Å²) in [5.74, 6) is 1.87. The van der Waals surface area contributed by atoms with E-state index < -0.39 is 0 Å². The van der Waals surface area contributed by atoms with Crippen molar-refractivity contribution in [2.24, 2.45) is 0 Å². The molecule has 0 saturated heterocycles. The third-order valence-electron chi connectivity index (χ3n) is 5.91. The lowest BCUT2D eigenvalue weighted by Crippen LogP contribution is -3.00. The first-order chi connectivity index (χ1) is 14.5.